The Labute approximate surface area is 144 Å². The van der Waals surface area contributed by atoms with Crippen LogP contribution in [-0.2, 0) is 0 Å². The van der Waals surface area contributed by atoms with E-state index < -0.39 is 5.82 Å². The summed E-state index contributed by atoms with van der Waals surface area (Å²) in [6, 6.07) is 11.2. The minimum absolute atomic E-state index is 0.0751. The molecule has 0 atom stereocenters. The molecule has 2 aromatic carbocycles. The lowest BCUT2D eigenvalue weighted by molar-refractivity contribution is 0.102. The normalized spacial score (nSPS) is 15.4. The van der Waals surface area contributed by atoms with Gasteiger partial charge < -0.3 is 15.3 Å². The summed E-state index contributed by atoms with van der Waals surface area (Å²) in [5.74, 6) is -0.867. The molecule has 6 heteroatoms. The van der Waals surface area contributed by atoms with Gasteiger partial charge in [-0.15, -0.1) is 0 Å². The Bertz CT molecular complexity index is 746. The van der Waals surface area contributed by atoms with E-state index in [-0.39, 0.29) is 22.6 Å². The summed E-state index contributed by atoms with van der Waals surface area (Å²) in [7, 11) is 0. The average Bonchev–Trinajstić information content (AvgIpc) is 2.56. The Morgan fingerprint density at radius 1 is 1.21 bits per heavy atom. The van der Waals surface area contributed by atoms with Gasteiger partial charge in [-0.25, -0.2) is 4.39 Å². The zero-order valence-electron chi connectivity index (χ0n) is 13.0. The molecule has 0 radical (unpaired) electrons. The van der Waals surface area contributed by atoms with E-state index in [0.29, 0.717) is 18.5 Å². The standard InChI is InChI=1S/C18H18ClFN2O2/c19-15-11-12(20)5-6-14(15)18(24)21-16-3-1-2-4-17(16)22-9-7-13(23)8-10-22/h1-6,11,13,23H,7-10H2,(H,21,24). The molecule has 1 aliphatic heterocycles. The molecule has 2 N–H and O–H groups in total. The molecule has 3 rings (SSSR count). The number of carbonyl (C=O) groups excluding carboxylic acids is 1. The number of hydrogen-bond donors (Lipinski definition) is 2. The number of nitrogens with one attached hydrogen (secondary N) is 1. The highest BCUT2D eigenvalue weighted by atomic mass is 35.5. The van der Waals surface area contributed by atoms with Crippen LogP contribution in [0, 0.1) is 5.82 Å². The Hall–Kier alpha value is -2.11. The van der Waals surface area contributed by atoms with Gasteiger partial charge in [-0.1, -0.05) is 23.7 Å². The van der Waals surface area contributed by atoms with Crippen LogP contribution in [0.1, 0.15) is 23.2 Å². The third kappa shape index (κ3) is 3.68. The maximum Gasteiger partial charge on any atom is 0.257 e. The van der Waals surface area contributed by atoms with Crippen molar-refractivity contribution in [1.82, 2.24) is 0 Å². The highest BCUT2D eigenvalue weighted by Crippen LogP contribution is 2.29. The van der Waals surface area contributed by atoms with Crippen LogP contribution in [0.2, 0.25) is 5.02 Å². The number of rotatable bonds is 3. The number of para-hydroxylation sites is 2. The second-order valence-corrected chi connectivity index (χ2v) is 6.22. The van der Waals surface area contributed by atoms with Gasteiger partial charge in [0.2, 0.25) is 0 Å². The first-order valence-corrected chi connectivity index (χ1v) is 8.21. The predicted octanol–water partition coefficient (Wildman–Crippen LogP) is 3.69. The molecule has 0 bridgehead atoms. The fourth-order valence-electron chi connectivity index (χ4n) is 2.83. The number of aliphatic hydroxyl groups excluding tert-OH is 1. The Morgan fingerprint density at radius 3 is 2.62 bits per heavy atom. The maximum atomic E-state index is 13.1. The van der Waals surface area contributed by atoms with Gasteiger partial charge in [0.15, 0.2) is 0 Å². The lowest BCUT2D eigenvalue weighted by Gasteiger charge is -2.32. The maximum absolute atomic E-state index is 13.1. The van der Waals surface area contributed by atoms with Gasteiger partial charge in [0.05, 0.1) is 28.1 Å². The number of hydrogen-bond acceptors (Lipinski definition) is 3. The van der Waals surface area contributed by atoms with Crippen molar-refractivity contribution in [3.8, 4) is 0 Å². The summed E-state index contributed by atoms with van der Waals surface area (Å²) in [5.41, 5.74) is 1.79. The van der Waals surface area contributed by atoms with E-state index in [1.54, 1.807) is 0 Å². The molecule has 0 saturated carbocycles. The van der Waals surface area contributed by atoms with E-state index >= 15 is 0 Å². The first-order valence-electron chi connectivity index (χ1n) is 7.83. The number of aliphatic hydroxyl groups is 1. The summed E-state index contributed by atoms with van der Waals surface area (Å²) < 4.78 is 13.1. The molecule has 1 amide bonds. The number of anilines is 2. The summed E-state index contributed by atoms with van der Waals surface area (Å²) in [6.07, 6.45) is 1.14. The second kappa shape index (κ2) is 7.20. The molecule has 1 aliphatic rings. The van der Waals surface area contributed by atoms with E-state index in [9.17, 15) is 14.3 Å². The number of nitrogens with zero attached hydrogens (tertiary/aromatic N) is 1. The fourth-order valence-corrected chi connectivity index (χ4v) is 3.08. The zero-order chi connectivity index (χ0) is 17.1. The van der Waals surface area contributed by atoms with Crippen LogP contribution in [0.3, 0.4) is 0 Å². The fraction of sp³-hybridized carbons (Fsp3) is 0.278. The van der Waals surface area contributed by atoms with Crippen molar-refractivity contribution in [2.75, 3.05) is 23.3 Å². The van der Waals surface area contributed by atoms with E-state index in [2.05, 4.69) is 10.2 Å². The van der Waals surface area contributed by atoms with Crippen LogP contribution in [0.25, 0.3) is 0 Å². The molecule has 0 unspecified atom stereocenters. The van der Waals surface area contributed by atoms with Crippen molar-refractivity contribution in [3.63, 3.8) is 0 Å². The number of piperidine rings is 1. The first kappa shape index (κ1) is 16.7. The third-order valence-electron chi connectivity index (χ3n) is 4.13. The largest absolute Gasteiger partial charge is 0.393 e. The number of benzene rings is 2. The monoisotopic (exact) mass is 348 g/mol. The van der Waals surface area contributed by atoms with Crippen LogP contribution < -0.4 is 10.2 Å². The second-order valence-electron chi connectivity index (χ2n) is 5.81. The van der Waals surface area contributed by atoms with Crippen LogP contribution >= 0.6 is 11.6 Å². The minimum Gasteiger partial charge on any atom is -0.393 e. The lowest BCUT2D eigenvalue weighted by Crippen LogP contribution is -2.36. The summed E-state index contributed by atoms with van der Waals surface area (Å²) >= 11 is 5.96. The van der Waals surface area contributed by atoms with Crippen molar-refractivity contribution in [1.29, 1.82) is 0 Å². The van der Waals surface area contributed by atoms with Gasteiger partial charge >= 0.3 is 0 Å². The average molecular weight is 349 g/mol. The molecule has 2 aromatic rings. The predicted molar refractivity (Wildman–Crippen MR) is 93.3 cm³/mol. The molecule has 0 aliphatic carbocycles. The number of carbonyl (C=O) groups is 1. The van der Waals surface area contributed by atoms with Crippen LogP contribution in [0.4, 0.5) is 15.8 Å². The van der Waals surface area contributed by atoms with Crippen molar-refractivity contribution < 1.29 is 14.3 Å². The highest BCUT2D eigenvalue weighted by molar-refractivity contribution is 6.34. The summed E-state index contributed by atoms with van der Waals surface area (Å²) in [5, 5.41) is 12.6. The molecule has 1 saturated heterocycles. The topological polar surface area (TPSA) is 52.6 Å². The van der Waals surface area contributed by atoms with Gasteiger partial charge in [-0.05, 0) is 43.2 Å². The first-order chi connectivity index (χ1) is 11.5. The zero-order valence-corrected chi connectivity index (χ0v) is 13.8. The van der Waals surface area contributed by atoms with Crippen molar-refractivity contribution in [2.24, 2.45) is 0 Å². The molecule has 1 fully saturated rings. The SMILES string of the molecule is O=C(Nc1ccccc1N1CCC(O)CC1)c1ccc(F)cc1Cl. The highest BCUT2D eigenvalue weighted by Gasteiger charge is 2.20. The van der Waals surface area contributed by atoms with Gasteiger partial charge in [-0.2, -0.15) is 0 Å². The molecular weight excluding hydrogens is 331 g/mol. The van der Waals surface area contributed by atoms with Crippen molar-refractivity contribution in [2.45, 2.75) is 18.9 Å². The van der Waals surface area contributed by atoms with Crippen LogP contribution in [0.5, 0.6) is 0 Å². The van der Waals surface area contributed by atoms with Crippen LogP contribution in [-0.4, -0.2) is 30.2 Å². The van der Waals surface area contributed by atoms with Gasteiger partial charge in [0.1, 0.15) is 5.82 Å². The Morgan fingerprint density at radius 2 is 1.92 bits per heavy atom. The third-order valence-corrected chi connectivity index (χ3v) is 4.45. The Balaban J connectivity index is 1.81. The van der Waals surface area contributed by atoms with Crippen LogP contribution in [0.15, 0.2) is 42.5 Å². The van der Waals surface area contributed by atoms with Gasteiger partial charge in [-0.3, -0.25) is 4.79 Å². The smallest absolute Gasteiger partial charge is 0.257 e. The van der Waals surface area contributed by atoms with Crippen molar-refractivity contribution in [3.05, 3.63) is 58.9 Å². The van der Waals surface area contributed by atoms with E-state index in [1.165, 1.54) is 12.1 Å². The van der Waals surface area contributed by atoms with Gasteiger partial charge in [0, 0.05) is 13.1 Å². The molecule has 0 aromatic heterocycles. The van der Waals surface area contributed by atoms with Crippen molar-refractivity contribution >= 4 is 28.9 Å². The Kier molecular flexibility index (Phi) is 5.02. The molecule has 24 heavy (non-hydrogen) atoms. The molecule has 126 valence electrons. The van der Waals surface area contributed by atoms with E-state index in [1.807, 2.05) is 24.3 Å². The summed E-state index contributed by atoms with van der Waals surface area (Å²) in [4.78, 5) is 14.6. The number of amides is 1. The molecule has 4 nitrogen and oxygen atoms in total. The minimum atomic E-state index is -0.483. The molecular formula is C18H18ClFN2O2. The molecule has 0 spiro atoms. The lowest BCUT2D eigenvalue weighted by atomic mass is 10.1. The number of halogens is 2. The molecule has 1 heterocycles. The quantitative estimate of drug-likeness (QED) is 0.889. The van der Waals surface area contributed by atoms with E-state index in [4.69, 9.17) is 11.6 Å². The van der Waals surface area contributed by atoms with E-state index in [0.717, 1.165) is 24.8 Å². The van der Waals surface area contributed by atoms with Gasteiger partial charge in [0.25, 0.3) is 5.91 Å². The summed E-state index contributed by atoms with van der Waals surface area (Å²) in [6.45, 7) is 1.46.